The van der Waals surface area contributed by atoms with Crippen LogP contribution in [0.3, 0.4) is 0 Å². The van der Waals surface area contributed by atoms with Gasteiger partial charge < -0.3 is 10.6 Å². The van der Waals surface area contributed by atoms with Crippen molar-refractivity contribution in [3.8, 4) is 11.4 Å². The second-order valence-corrected chi connectivity index (χ2v) is 8.14. The Morgan fingerprint density at radius 2 is 2.00 bits per heavy atom. The van der Waals surface area contributed by atoms with Crippen molar-refractivity contribution in [2.75, 3.05) is 10.6 Å². The zero-order valence-corrected chi connectivity index (χ0v) is 16.9. The molecule has 0 saturated carbocycles. The second-order valence-electron chi connectivity index (χ2n) is 7.28. The van der Waals surface area contributed by atoms with E-state index in [0.717, 1.165) is 5.56 Å². The Balaban J connectivity index is 1.62. The number of carbonyl (C=O) groups is 2. The highest BCUT2D eigenvalue weighted by atomic mass is 32.1. The highest BCUT2D eigenvalue weighted by Gasteiger charge is 2.22. The molecule has 0 atom stereocenters. The Morgan fingerprint density at radius 3 is 2.68 bits per heavy atom. The third-order valence-corrected chi connectivity index (χ3v) is 4.63. The van der Waals surface area contributed by atoms with E-state index in [-0.39, 0.29) is 18.2 Å². The van der Waals surface area contributed by atoms with Crippen LogP contribution in [0.4, 0.5) is 10.8 Å². The predicted molar refractivity (Wildman–Crippen MR) is 107 cm³/mol. The maximum Gasteiger partial charge on any atom is 0.231 e. The molecule has 0 saturated heterocycles. The van der Waals surface area contributed by atoms with Crippen molar-refractivity contribution in [1.82, 2.24) is 25.2 Å². The SMILES string of the molecule is Cn1nnnc1-c1cccc(NC(=O)Cc2csc(NC(=O)C(C)(C)C)n2)c1. The van der Waals surface area contributed by atoms with Crippen LogP contribution in [-0.2, 0) is 23.1 Å². The molecule has 1 aromatic carbocycles. The molecule has 0 aliphatic rings. The molecule has 10 heteroatoms. The number of hydrogen-bond donors (Lipinski definition) is 2. The first-order valence-corrected chi connectivity index (χ1v) is 9.49. The monoisotopic (exact) mass is 399 g/mol. The van der Waals surface area contributed by atoms with E-state index in [0.29, 0.717) is 22.3 Å². The van der Waals surface area contributed by atoms with Gasteiger partial charge in [0.25, 0.3) is 0 Å². The maximum atomic E-state index is 12.4. The highest BCUT2D eigenvalue weighted by molar-refractivity contribution is 7.13. The third-order valence-electron chi connectivity index (χ3n) is 3.82. The molecule has 2 amide bonds. The summed E-state index contributed by atoms with van der Waals surface area (Å²) >= 11 is 1.30. The molecule has 2 aromatic heterocycles. The van der Waals surface area contributed by atoms with Gasteiger partial charge in [-0.25, -0.2) is 9.67 Å². The van der Waals surface area contributed by atoms with Gasteiger partial charge in [-0.2, -0.15) is 0 Å². The molecular weight excluding hydrogens is 378 g/mol. The first-order valence-electron chi connectivity index (χ1n) is 8.61. The minimum Gasteiger partial charge on any atom is -0.326 e. The van der Waals surface area contributed by atoms with E-state index in [1.807, 2.05) is 32.9 Å². The normalized spacial score (nSPS) is 11.3. The summed E-state index contributed by atoms with van der Waals surface area (Å²) in [4.78, 5) is 28.7. The number of hydrogen-bond acceptors (Lipinski definition) is 7. The van der Waals surface area contributed by atoms with E-state index in [9.17, 15) is 9.59 Å². The van der Waals surface area contributed by atoms with Gasteiger partial charge in [0.15, 0.2) is 11.0 Å². The van der Waals surface area contributed by atoms with Crippen molar-refractivity contribution in [2.45, 2.75) is 27.2 Å². The lowest BCUT2D eigenvalue weighted by atomic mass is 9.96. The average Bonchev–Trinajstić information content (AvgIpc) is 3.23. The number of amides is 2. The number of thiazole rings is 1. The van der Waals surface area contributed by atoms with E-state index < -0.39 is 5.41 Å². The van der Waals surface area contributed by atoms with E-state index in [1.54, 1.807) is 29.2 Å². The molecule has 3 rings (SSSR count). The Labute approximate surface area is 166 Å². The van der Waals surface area contributed by atoms with E-state index in [4.69, 9.17) is 0 Å². The average molecular weight is 399 g/mol. The van der Waals surface area contributed by atoms with E-state index in [1.165, 1.54) is 11.3 Å². The molecule has 2 heterocycles. The number of nitrogens with zero attached hydrogens (tertiary/aromatic N) is 5. The first-order chi connectivity index (χ1) is 13.2. The van der Waals surface area contributed by atoms with Crippen molar-refractivity contribution in [3.05, 3.63) is 35.3 Å². The van der Waals surface area contributed by atoms with Crippen molar-refractivity contribution in [2.24, 2.45) is 12.5 Å². The van der Waals surface area contributed by atoms with Crippen molar-refractivity contribution in [3.63, 3.8) is 0 Å². The summed E-state index contributed by atoms with van der Waals surface area (Å²) in [5.41, 5.74) is 1.53. The highest BCUT2D eigenvalue weighted by Crippen LogP contribution is 2.22. The van der Waals surface area contributed by atoms with Gasteiger partial charge in [0, 0.05) is 29.1 Å². The van der Waals surface area contributed by atoms with Crippen LogP contribution in [0, 0.1) is 5.41 Å². The number of tetrazole rings is 1. The van der Waals surface area contributed by atoms with Crippen molar-refractivity contribution >= 4 is 34.0 Å². The predicted octanol–water partition coefficient (Wildman–Crippen LogP) is 2.50. The summed E-state index contributed by atoms with van der Waals surface area (Å²) in [7, 11) is 1.75. The smallest absolute Gasteiger partial charge is 0.231 e. The van der Waals surface area contributed by atoms with Gasteiger partial charge in [-0.1, -0.05) is 32.9 Å². The van der Waals surface area contributed by atoms with Gasteiger partial charge in [-0.05, 0) is 22.6 Å². The Morgan fingerprint density at radius 1 is 1.21 bits per heavy atom. The van der Waals surface area contributed by atoms with Crippen LogP contribution in [0.2, 0.25) is 0 Å². The lowest BCUT2D eigenvalue weighted by Crippen LogP contribution is -2.27. The van der Waals surface area contributed by atoms with Gasteiger partial charge in [-0.3, -0.25) is 9.59 Å². The third kappa shape index (κ3) is 4.77. The molecule has 146 valence electrons. The van der Waals surface area contributed by atoms with Crippen LogP contribution < -0.4 is 10.6 Å². The molecule has 0 unspecified atom stereocenters. The van der Waals surface area contributed by atoms with Gasteiger partial charge in [0.2, 0.25) is 11.8 Å². The molecule has 2 N–H and O–H groups in total. The number of nitrogens with one attached hydrogen (secondary N) is 2. The zero-order chi connectivity index (χ0) is 20.3. The fraction of sp³-hybridized carbons (Fsp3) is 0.333. The van der Waals surface area contributed by atoms with Gasteiger partial charge in [-0.15, -0.1) is 16.4 Å². The lowest BCUT2D eigenvalue weighted by Gasteiger charge is -2.15. The molecule has 28 heavy (non-hydrogen) atoms. The van der Waals surface area contributed by atoms with Crippen LogP contribution in [0.1, 0.15) is 26.5 Å². The summed E-state index contributed by atoms with van der Waals surface area (Å²) in [6, 6.07) is 7.29. The summed E-state index contributed by atoms with van der Waals surface area (Å²) in [6.07, 6.45) is 0.109. The van der Waals surface area contributed by atoms with E-state index >= 15 is 0 Å². The number of carbonyl (C=O) groups excluding carboxylic acids is 2. The standard InChI is InChI=1S/C18H21N7O2S/c1-18(2,3)16(27)21-17-20-13(10-28-17)9-14(26)19-12-7-5-6-11(8-12)15-22-23-24-25(15)4/h5-8,10H,9H2,1-4H3,(H,19,26)(H,20,21,27). The van der Waals surface area contributed by atoms with E-state index in [2.05, 4.69) is 31.1 Å². The summed E-state index contributed by atoms with van der Waals surface area (Å²) in [6.45, 7) is 5.49. The summed E-state index contributed by atoms with van der Waals surface area (Å²) in [5, 5.41) is 19.3. The molecule has 0 aliphatic carbocycles. The minimum atomic E-state index is -0.507. The molecule has 0 bridgehead atoms. The summed E-state index contributed by atoms with van der Waals surface area (Å²) < 4.78 is 1.56. The van der Waals surface area contributed by atoms with Crippen LogP contribution in [0.25, 0.3) is 11.4 Å². The quantitative estimate of drug-likeness (QED) is 0.681. The minimum absolute atomic E-state index is 0.109. The number of benzene rings is 1. The van der Waals surface area contributed by atoms with Gasteiger partial charge in [0.05, 0.1) is 12.1 Å². The number of anilines is 2. The molecule has 0 radical (unpaired) electrons. The molecule has 0 aliphatic heterocycles. The summed E-state index contributed by atoms with van der Waals surface area (Å²) in [5.74, 6) is 0.287. The number of aromatic nitrogens is 5. The van der Waals surface area contributed by atoms with Gasteiger partial charge in [0.1, 0.15) is 0 Å². The second kappa shape index (κ2) is 7.85. The van der Waals surface area contributed by atoms with Crippen LogP contribution in [0.5, 0.6) is 0 Å². The topological polar surface area (TPSA) is 115 Å². The Hall–Kier alpha value is -3.14. The van der Waals surface area contributed by atoms with Crippen molar-refractivity contribution in [1.29, 1.82) is 0 Å². The fourth-order valence-electron chi connectivity index (χ4n) is 2.31. The molecular formula is C18H21N7O2S. The maximum absolute atomic E-state index is 12.4. The molecule has 0 fully saturated rings. The molecule has 9 nitrogen and oxygen atoms in total. The van der Waals surface area contributed by atoms with Crippen LogP contribution >= 0.6 is 11.3 Å². The number of rotatable bonds is 5. The lowest BCUT2D eigenvalue weighted by molar-refractivity contribution is -0.123. The first kappa shape index (κ1) is 19.6. The zero-order valence-electron chi connectivity index (χ0n) is 16.1. The Kier molecular flexibility index (Phi) is 5.50. The van der Waals surface area contributed by atoms with Crippen molar-refractivity contribution < 1.29 is 9.59 Å². The van der Waals surface area contributed by atoms with Gasteiger partial charge >= 0.3 is 0 Å². The largest absolute Gasteiger partial charge is 0.326 e. The van der Waals surface area contributed by atoms with Crippen LogP contribution in [-0.4, -0.2) is 37.0 Å². The Bertz CT molecular complexity index is 1000. The molecule has 3 aromatic rings. The fourth-order valence-corrected chi connectivity index (χ4v) is 3.02. The van der Waals surface area contributed by atoms with Crippen LogP contribution in [0.15, 0.2) is 29.6 Å². The number of aryl methyl sites for hydroxylation is 1. The molecule has 0 spiro atoms.